The number of hydrogen-bond donors (Lipinski definition) is 0. The van der Waals surface area contributed by atoms with Crippen LogP contribution in [-0.4, -0.2) is 9.55 Å². The van der Waals surface area contributed by atoms with Crippen LogP contribution in [-0.2, 0) is 13.2 Å². The van der Waals surface area contributed by atoms with Crippen molar-refractivity contribution < 1.29 is 9.13 Å². The Labute approximate surface area is 99.9 Å². The van der Waals surface area contributed by atoms with Crippen LogP contribution in [0, 0.1) is 12.7 Å². The van der Waals surface area contributed by atoms with Crippen molar-refractivity contribution in [2.75, 3.05) is 0 Å². The van der Waals surface area contributed by atoms with Gasteiger partial charge in [-0.15, -0.1) is 0 Å². The number of rotatable bonds is 4. The van der Waals surface area contributed by atoms with E-state index in [0.29, 0.717) is 17.9 Å². The summed E-state index contributed by atoms with van der Waals surface area (Å²) in [5.41, 5.74) is 1.60. The maximum Gasteiger partial charge on any atom is 0.130 e. The van der Waals surface area contributed by atoms with Crippen molar-refractivity contribution in [1.29, 1.82) is 0 Å². The maximum atomic E-state index is 13.3. The van der Waals surface area contributed by atoms with Gasteiger partial charge in [-0.05, 0) is 25.5 Å². The van der Waals surface area contributed by atoms with Gasteiger partial charge in [0.15, 0.2) is 0 Å². The average Bonchev–Trinajstić information content (AvgIpc) is 2.78. The van der Waals surface area contributed by atoms with E-state index < -0.39 is 0 Å². The Bertz CT molecular complexity index is 508. The molecule has 3 nitrogen and oxygen atoms in total. The van der Waals surface area contributed by atoms with Crippen molar-refractivity contribution in [2.45, 2.75) is 27.0 Å². The Morgan fingerprint density at radius 3 is 2.94 bits per heavy atom. The molecule has 2 aromatic rings. The second-order valence-corrected chi connectivity index (χ2v) is 3.87. The van der Waals surface area contributed by atoms with E-state index in [4.69, 9.17) is 4.74 Å². The molecule has 0 saturated carbocycles. The van der Waals surface area contributed by atoms with Crippen molar-refractivity contribution in [3.8, 4) is 5.75 Å². The topological polar surface area (TPSA) is 27.1 Å². The Kier molecular flexibility index (Phi) is 3.42. The lowest BCUT2D eigenvalue weighted by Gasteiger charge is -2.08. The smallest absolute Gasteiger partial charge is 0.130 e. The molecule has 0 unspecified atom stereocenters. The first-order valence-electron chi connectivity index (χ1n) is 5.58. The Balaban J connectivity index is 2.05. The standard InChI is InChI=1S/C13H15FN2O/c1-3-16-9-15-7-11(16)8-17-12-5-4-10(2)13(14)6-12/h4-7,9H,3,8H2,1-2H3. The summed E-state index contributed by atoms with van der Waals surface area (Å²) in [6, 6.07) is 4.88. The summed E-state index contributed by atoms with van der Waals surface area (Å²) >= 11 is 0. The molecular weight excluding hydrogens is 219 g/mol. The van der Waals surface area contributed by atoms with Gasteiger partial charge >= 0.3 is 0 Å². The maximum absolute atomic E-state index is 13.3. The summed E-state index contributed by atoms with van der Waals surface area (Å²) in [6.45, 7) is 5.01. The largest absolute Gasteiger partial charge is 0.487 e. The van der Waals surface area contributed by atoms with Gasteiger partial charge in [-0.1, -0.05) is 6.07 Å². The molecule has 0 N–H and O–H groups in total. The van der Waals surface area contributed by atoms with E-state index in [-0.39, 0.29) is 5.82 Å². The van der Waals surface area contributed by atoms with Crippen molar-refractivity contribution >= 4 is 0 Å². The van der Waals surface area contributed by atoms with Crippen LogP contribution >= 0.6 is 0 Å². The minimum atomic E-state index is -0.244. The predicted octanol–water partition coefficient (Wildman–Crippen LogP) is 2.93. The molecular formula is C13H15FN2O. The molecule has 0 spiro atoms. The van der Waals surface area contributed by atoms with Crippen molar-refractivity contribution in [2.24, 2.45) is 0 Å². The third-order valence-electron chi connectivity index (χ3n) is 2.67. The quantitative estimate of drug-likeness (QED) is 0.813. The molecule has 0 aliphatic rings. The van der Waals surface area contributed by atoms with E-state index in [0.717, 1.165) is 12.2 Å². The second-order valence-electron chi connectivity index (χ2n) is 3.87. The van der Waals surface area contributed by atoms with Crippen LogP contribution < -0.4 is 4.74 Å². The van der Waals surface area contributed by atoms with Gasteiger partial charge < -0.3 is 9.30 Å². The number of halogens is 1. The fourth-order valence-corrected chi connectivity index (χ4v) is 1.57. The van der Waals surface area contributed by atoms with Crippen molar-refractivity contribution in [1.82, 2.24) is 9.55 Å². The molecule has 17 heavy (non-hydrogen) atoms. The summed E-state index contributed by atoms with van der Waals surface area (Å²) in [6.07, 6.45) is 3.52. The monoisotopic (exact) mass is 234 g/mol. The summed E-state index contributed by atoms with van der Waals surface area (Å²) in [7, 11) is 0. The Morgan fingerprint density at radius 1 is 1.41 bits per heavy atom. The molecule has 1 heterocycles. The van der Waals surface area contributed by atoms with E-state index in [9.17, 15) is 4.39 Å². The zero-order valence-corrected chi connectivity index (χ0v) is 9.98. The SMILES string of the molecule is CCn1cncc1COc1ccc(C)c(F)c1. The highest BCUT2D eigenvalue weighted by molar-refractivity contribution is 5.28. The second kappa shape index (κ2) is 4.99. The van der Waals surface area contributed by atoms with Gasteiger partial charge in [0.25, 0.3) is 0 Å². The molecule has 1 aromatic heterocycles. The molecule has 0 radical (unpaired) electrons. The lowest BCUT2D eigenvalue weighted by atomic mass is 10.2. The predicted molar refractivity (Wildman–Crippen MR) is 63.4 cm³/mol. The molecule has 4 heteroatoms. The zero-order valence-electron chi connectivity index (χ0n) is 9.98. The number of ether oxygens (including phenoxy) is 1. The molecule has 0 aliphatic carbocycles. The van der Waals surface area contributed by atoms with Gasteiger partial charge in [0.1, 0.15) is 18.2 Å². The summed E-state index contributed by atoms with van der Waals surface area (Å²) < 4.78 is 20.8. The van der Waals surface area contributed by atoms with Crippen LogP contribution in [0.25, 0.3) is 0 Å². The number of benzene rings is 1. The van der Waals surface area contributed by atoms with Gasteiger partial charge in [-0.25, -0.2) is 9.37 Å². The van der Waals surface area contributed by atoms with Crippen LogP contribution in [0.3, 0.4) is 0 Å². The number of aryl methyl sites for hydroxylation is 2. The molecule has 0 bridgehead atoms. The molecule has 0 fully saturated rings. The van der Waals surface area contributed by atoms with E-state index in [1.807, 2.05) is 11.5 Å². The van der Waals surface area contributed by atoms with E-state index in [2.05, 4.69) is 4.98 Å². The first kappa shape index (κ1) is 11.6. The Morgan fingerprint density at radius 2 is 2.24 bits per heavy atom. The number of imidazole rings is 1. The van der Waals surface area contributed by atoms with Crippen LogP contribution in [0.5, 0.6) is 5.75 Å². The highest BCUT2D eigenvalue weighted by atomic mass is 19.1. The van der Waals surface area contributed by atoms with Gasteiger partial charge in [-0.2, -0.15) is 0 Å². The van der Waals surface area contributed by atoms with E-state index >= 15 is 0 Å². The summed E-state index contributed by atoms with van der Waals surface area (Å²) in [4.78, 5) is 4.05. The highest BCUT2D eigenvalue weighted by Gasteiger charge is 2.03. The molecule has 2 rings (SSSR count). The fourth-order valence-electron chi connectivity index (χ4n) is 1.57. The van der Waals surface area contributed by atoms with Gasteiger partial charge in [0.05, 0.1) is 18.2 Å². The normalized spacial score (nSPS) is 10.5. The third-order valence-corrected chi connectivity index (χ3v) is 2.67. The average molecular weight is 234 g/mol. The minimum absolute atomic E-state index is 0.244. The van der Waals surface area contributed by atoms with Crippen molar-refractivity contribution in [3.63, 3.8) is 0 Å². The lowest BCUT2D eigenvalue weighted by molar-refractivity contribution is 0.294. The summed E-state index contributed by atoms with van der Waals surface area (Å²) in [5, 5.41) is 0. The van der Waals surface area contributed by atoms with Crippen LogP contribution in [0.1, 0.15) is 18.2 Å². The van der Waals surface area contributed by atoms with Crippen LogP contribution in [0.2, 0.25) is 0 Å². The number of aromatic nitrogens is 2. The van der Waals surface area contributed by atoms with E-state index in [1.54, 1.807) is 31.6 Å². The molecule has 0 aliphatic heterocycles. The molecule has 90 valence electrons. The number of hydrogen-bond acceptors (Lipinski definition) is 2. The summed E-state index contributed by atoms with van der Waals surface area (Å²) in [5.74, 6) is 0.295. The highest BCUT2D eigenvalue weighted by Crippen LogP contribution is 2.17. The van der Waals surface area contributed by atoms with Crippen LogP contribution in [0.15, 0.2) is 30.7 Å². The third kappa shape index (κ3) is 2.64. The molecule has 0 amide bonds. The zero-order chi connectivity index (χ0) is 12.3. The lowest BCUT2D eigenvalue weighted by Crippen LogP contribution is -2.03. The number of nitrogens with zero attached hydrogens (tertiary/aromatic N) is 2. The first-order valence-corrected chi connectivity index (χ1v) is 5.58. The van der Waals surface area contributed by atoms with Crippen molar-refractivity contribution in [3.05, 3.63) is 47.8 Å². The first-order chi connectivity index (χ1) is 8.20. The van der Waals surface area contributed by atoms with Gasteiger partial charge in [0, 0.05) is 12.6 Å². The Hall–Kier alpha value is -1.84. The fraction of sp³-hybridized carbons (Fsp3) is 0.308. The molecule has 1 aromatic carbocycles. The van der Waals surface area contributed by atoms with Crippen LogP contribution in [0.4, 0.5) is 4.39 Å². The van der Waals surface area contributed by atoms with Gasteiger partial charge in [0.2, 0.25) is 0 Å². The molecule has 0 saturated heterocycles. The van der Waals surface area contributed by atoms with Gasteiger partial charge in [-0.3, -0.25) is 0 Å². The molecule has 0 atom stereocenters. The minimum Gasteiger partial charge on any atom is -0.487 e. The van der Waals surface area contributed by atoms with E-state index in [1.165, 1.54) is 6.07 Å².